The number of anilines is 2. The van der Waals surface area contributed by atoms with Gasteiger partial charge in [-0.1, -0.05) is 0 Å². The first-order valence-electron chi connectivity index (χ1n) is 7.59. The standard InChI is InChI=1S/C15H22N4O2/c16-13-10-21-9-12(13)15(20)18-11-4-5-14(17-8-11)19-6-2-1-3-7-19/h4-5,8,12-13H,1-3,6-7,9-10,16H2,(H,18,20). The largest absolute Gasteiger partial charge is 0.379 e. The van der Waals surface area contributed by atoms with E-state index in [1.54, 1.807) is 6.20 Å². The van der Waals surface area contributed by atoms with Crippen LogP contribution in [0.15, 0.2) is 18.3 Å². The normalized spacial score (nSPS) is 25.9. The van der Waals surface area contributed by atoms with E-state index in [0.717, 1.165) is 18.9 Å². The van der Waals surface area contributed by atoms with Gasteiger partial charge >= 0.3 is 0 Å². The molecule has 1 aromatic rings. The Morgan fingerprint density at radius 2 is 2.10 bits per heavy atom. The minimum atomic E-state index is -0.272. The van der Waals surface area contributed by atoms with Gasteiger partial charge in [-0.3, -0.25) is 4.79 Å². The molecule has 114 valence electrons. The Hall–Kier alpha value is -1.66. The van der Waals surface area contributed by atoms with Crippen molar-refractivity contribution in [3.63, 3.8) is 0 Å². The van der Waals surface area contributed by atoms with Crippen molar-refractivity contribution in [1.29, 1.82) is 0 Å². The summed E-state index contributed by atoms with van der Waals surface area (Å²) in [6, 6.07) is 3.65. The van der Waals surface area contributed by atoms with Gasteiger partial charge in [0.2, 0.25) is 5.91 Å². The number of ether oxygens (including phenoxy) is 1. The van der Waals surface area contributed by atoms with Crippen LogP contribution in [0.4, 0.5) is 11.5 Å². The smallest absolute Gasteiger partial charge is 0.231 e. The molecule has 0 aliphatic carbocycles. The molecule has 0 saturated carbocycles. The molecule has 1 aromatic heterocycles. The second-order valence-corrected chi connectivity index (χ2v) is 5.75. The predicted molar refractivity (Wildman–Crippen MR) is 81.2 cm³/mol. The maximum absolute atomic E-state index is 12.1. The summed E-state index contributed by atoms with van der Waals surface area (Å²) in [5, 5.41) is 2.86. The zero-order valence-corrected chi connectivity index (χ0v) is 12.1. The molecule has 1 amide bonds. The minimum Gasteiger partial charge on any atom is -0.379 e. The maximum atomic E-state index is 12.1. The van der Waals surface area contributed by atoms with Crippen LogP contribution in [-0.2, 0) is 9.53 Å². The first-order valence-corrected chi connectivity index (χ1v) is 7.59. The average Bonchev–Trinajstić information content (AvgIpc) is 2.95. The van der Waals surface area contributed by atoms with Crippen LogP contribution in [-0.4, -0.2) is 43.2 Å². The van der Waals surface area contributed by atoms with Crippen LogP contribution in [0, 0.1) is 5.92 Å². The molecule has 0 spiro atoms. The van der Waals surface area contributed by atoms with Crippen LogP contribution in [0.5, 0.6) is 0 Å². The third-order valence-corrected chi connectivity index (χ3v) is 4.16. The Morgan fingerprint density at radius 3 is 2.71 bits per heavy atom. The van der Waals surface area contributed by atoms with E-state index in [-0.39, 0.29) is 17.9 Å². The zero-order valence-electron chi connectivity index (χ0n) is 12.1. The Bertz CT molecular complexity index is 485. The summed E-state index contributed by atoms with van der Waals surface area (Å²) < 4.78 is 5.22. The van der Waals surface area contributed by atoms with Crippen molar-refractivity contribution < 1.29 is 9.53 Å². The zero-order chi connectivity index (χ0) is 14.7. The average molecular weight is 290 g/mol. The molecule has 3 rings (SSSR count). The van der Waals surface area contributed by atoms with Crippen molar-refractivity contribution in [2.24, 2.45) is 11.7 Å². The first kappa shape index (κ1) is 14.3. The van der Waals surface area contributed by atoms with Gasteiger partial charge in [0.05, 0.1) is 31.0 Å². The summed E-state index contributed by atoms with van der Waals surface area (Å²) in [7, 11) is 0. The third kappa shape index (κ3) is 3.33. The minimum absolute atomic E-state index is 0.0903. The summed E-state index contributed by atoms with van der Waals surface area (Å²) in [6.07, 6.45) is 5.46. The summed E-state index contributed by atoms with van der Waals surface area (Å²) >= 11 is 0. The topological polar surface area (TPSA) is 80.5 Å². The van der Waals surface area contributed by atoms with Crippen LogP contribution in [0.3, 0.4) is 0 Å². The van der Waals surface area contributed by atoms with Crippen LogP contribution in [0.25, 0.3) is 0 Å². The van der Waals surface area contributed by atoms with Crippen LogP contribution in [0.1, 0.15) is 19.3 Å². The van der Waals surface area contributed by atoms with Gasteiger partial charge in [0.15, 0.2) is 0 Å². The van der Waals surface area contributed by atoms with Gasteiger partial charge < -0.3 is 20.7 Å². The van der Waals surface area contributed by atoms with Gasteiger partial charge in [-0.2, -0.15) is 0 Å². The number of rotatable bonds is 3. The lowest BCUT2D eigenvalue weighted by molar-refractivity contribution is -0.120. The van der Waals surface area contributed by atoms with Crippen LogP contribution in [0.2, 0.25) is 0 Å². The molecule has 2 atom stereocenters. The van der Waals surface area contributed by atoms with Crippen molar-refractivity contribution in [3.8, 4) is 0 Å². The molecule has 21 heavy (non-hydrogen) atoms. The lowest BCUT2D eigenvalue weighted by atomic mass is 10.0. The summed E-state index contributed by atoms with van der Waals surface area (Å²) in [6.45, 7) is 2.97. The van der Waals surface area contributed by atoms with Crippen LogP contribution >= 0.6 is 0 Å². The van der Waals surface area contributed by atoms with Crippen molar-refractivity contribution in [3.05, 3.63) is 18.3 Å². The lowest BCUT2D eigenvalue weighted by Gasteiger charge is -2.27. The highest BCUT2D eigenvalue weighted by atomic mass is 16.5. The van der Waals surface area contributed by atoms with Gasteiger partial charge in [-0.05, 0) is 31.4 Å². The quantitative estimate of drug-likeness (QED) is 0.867. The molecule has 3 heterocycles. The van der Waals surface area contributed by atoms with E-state index in [2.05, 4.69) is 15.2 Å². The molecular formula is C15H22N4O2. The number of nitrogens with one attached hydrogen (secondary N) is 1. The number of nitrogens with two attached hydrogens (primary N) is 1. The van der Waals surface area contributed by atoms with Crippen molar-refractivity contribution >= 4 is 17.4 Å². The fraction of sp³-hybridized carbons (Fsp3) is 0.600. The van der Waals surface area contributed by atoms with Crippen molar-refractivity contribution in [1.82, 2.24) is 4.98 Å². The molecular weight excluding hydrogens is 268 g/mol. The van der Waals surface area contributed by atoms with Gasteiger partial charge in [0, 0.05) is 19.1 Å². The number of piperidine rings is 1. The highest BCUT2D eigenvalue weighted by Gasteiger charge is 2.31. The number of amides is 1. The molecule has 2 fully saturated rings. The van der Waals surface area contributed by atoms with Crippen LogP contribution < -0.4 is 16.0 Å². The Kier molecular flexibility index (Phi) is 4.36. The van der Waals surface area contributed by atoms with E-state index in [0.29, 0.717) is 18.9 Å². The fourth-order valence-electron chi connectivity index (χ4n) is 2.85. The Balaban J connectivity index is 1.60. The summed E-state index contributed by atoms with van der Waals surface area (Å²) in [4.78, 5) is 18.8. The van der Waals surface area contributed by atoms with Crippen molar-refractivity contribution in [2.75, 3.05) is 36.5 Å². The number of carbonyl (C=O) groups excluding carboxylic acids is 1. The molecule has 6 heteroatoms. The van der Waals surface area contributed by atoms with E-state index in [1.165, 1.54) is 19.3 Å². The molecule has 2 saturated heterocycles. The SMILES string of the molecule is NC1COCC1C(=O)Nc1ccc(N2CCCCC2)nc1. The first-order chi connectivity index (χ1) is 10.2. The van der Waals surface area contributed by atoms with E-state index in [9.17, 15) is 4.79 Å². The highest BCUT2D eigenvalue weighted by molar-refractivity contribution is 5.93. The second-order valence-electron chi connectivity index (χ2n) is 5.75. The maximum Gasteiger partial charge on any atom is 0.231 e. The van der Waals surface area contributed by atoms with Crippen molar-refractivity contribution in [2.45, 2.75) is 25.3 Å². The van der Waals surface area contributed by atoms with E-state index in [1.807, 2.05) is 12.1 Å². The number of aromatic nitrogens is 1. The predicted octanol–water partition coefficient (Wildman–Crippen LogP) is 0.984. The summed E-state index contributed by atoms with van der Waals surface area (Å²) in [5.41, 5.74) is 6.56. The number of carbonyl (C=O) groups is 1. The fourth-order valence-corrected chi connectivity index (χ4v) is 2.85. The van der Waals surface area contributed by atoms with Gasteiger partial charge in [-0.25, -0.2) is 4.98 Å². The number of hydrogen-bond donors (Lipinski definition) is 2. The second kappa shape index (κ2) is 6.41. The monoisotopic (exact) mass is 290 g/mol. The van der Waals surface area contributed by atoms with E-state index < -0.39 is 0 Å². The number of hydrogen-bond acceptors (Lipinski definition) is 5. The Labute approximate surface area is 124 Å². The van der Waals surface area contributed by atoms with Gasteiger partial charge in [0.25, 0.3) is 0 Å². The molecule has 2 aliphatic rings. The van der Waals surface area contributed by atoms with Gasteiger partial charge in [0.1, 0.15) is 5.82 Å². The van der Waals surface area contributed by atoms with E-state index in [4.69, 9.17) is 10.5 Å². The molecule has 3 N–H and O–H groups in total. The molecule has 6 nitrogen and oxygen atoms in total. The number of nitrogens with zero attached hydrogens (tertiary/aromatic N) is 2. The highest BCUT2D eigenvalue weighted by Crippen LogP contribution is 2.20. The number of pyridine rings is 1. The Morgan fingerprint density at radius 1 is 1.29 bits per heavy atom. The van der Waals surface area contributed by atoms with E-state index >= 15 is 0 Å². The molecule has 2 unspecified atom stereocenters. The molecule has 0 aromatic carbocycles. The molecule has 0 bridgehead atoms. The summed E-state index contributed by atoms with van der Waals surface area (Å²) in [5.74, 6) is 0.618. The molecule has 2 aliphatic heterocycles. The molecule has 0 radical (unpaired) electrons. The lowest BCUT2D eigenvalue weighted by Crippen LogP contribution is -2.37. The van der Waals surface area contributed by atoms with Gasteiger partial charge in [-0.15, -0.1) is 0 Å². The third-order valence-electron chi connectivity index (χ3n) is 4.16.